The number of piperidine rings is 1. The number of hydrogen-bond donors (Lipinski definition) is 1. The molecule has 1 aliphatic heterocycles. The van der Waals surface area contributed by atoms with E-state index in [9.17, 15) is 4.79 Å². The van der Waals surface area contributed by atoms with Gasteiger partial charge in [-0.05, 0) is 37.8 Å². The van der Waals surface area contributed by atoms with Crippen molar-refractivity contribution in [3.8, 4) is 5.75 Å². The second kappa shape index (κ2) is 7.96. The summed E-state index contributed by atoms with van der Waals surface area (Å²) in [6.45, 7) is 3.17. The lowest BCUT2D eigenvalue weighted by Crippen LogP contribution is -2.40. The summed E-state index contributed by atoms with van der Waals surface area (Å²) in [7, 11) is 1.59. The van der Waals surface area contributed by atoms with Crippen LogP contribution in [-0.2, 0) is 0 Å². The van der Waals surface area contributed by atoms with Crippen LogP contribution >= 0.6 is 0 Å². The zero-order valence-electron chi connectivity index (χ0n) is 14.7. The van der Waals surface area contributed by atoms with Crippen molar-refractivity contribution in [1.29, 1.82) is 0 Å². The monoisotopic (exact) mass is 340 g/mol. The molecule has 2 aromatic rings. The van der Waals surface area contributed by atoms with Crippen LogP contribution in [0.5, 0.6) is 5.75 Å². The quantitative estimate of drug-likeness (QED) is 0.902. The van der Waals surface area contributed by atoms with Gasteiger partial charge in [-0.1, -0.05) is 13.0 Å². The molecule has 1 amide bonds. The molecule has 1 aromatic carbocycles. The van der Waals surface area contributed by atoms with Gasteiger partial charge in [-0.2, -0.15) is 0 Å². The normalized spacial score (nSPS) is 17.2. The second-order valence-corrected chi connectivity index (χ2v) is 6.21. The highest BCUT2D eigenvalue weighted by atomic mass is 16.5. The van der Waals surface area contributed by atoms with Gasteiger partial charge in [0, 0.05) is 36.7 Å². The number of rotatable bonds is 5. The number of anilines is 2. The lowest BCUT2D eigenvalue weighted by atomic mass is 10.0. The van der Waals surface area contributed by atoms with Crippen LogP contribution in [0.3, 0.4) is 0 Å². The van der Waals surface area contributed by atoms with Crippen molar-refractivity contribution in [3.05, 3.63) is 42.2 Å². The maximum atomic E-state index is 12.4. The van der Waals surface area contributed by atoms with Crippen molar-refractivity contribution in [1.82, 2.24) is 9.97 Å². The Morgan fingerprint density at radius 1 is 1.32 bits per heavy atom. The van der Waals surface area contributed by atoms with Gasteiger partial charge in [0.1, 0.15) is 5.75 Å². The molecule has 1 saturated heterocycles. The number of nitrogens with zero attached hydrogens (tertiary/aromatic N) is 3. The molecule has 1 aromatic heterocycles. The fourth-order valence-electron chi connectivity index (χ4n) is 3.18. The van der Waals surface area contributed by atoms with Crippen LogP contribution in [-0.4, -0.2) is 35.6 Å². The van der Waals surface area contributed by atoms with Crippen molar-refractivity contribution in [2.45, 2.75) is 38.6 Å². The molecule has 1 aliphatic rings. The molecule has 0 saturated carbocycles. The van der Waals surface area contributed by atoms with E-state index in [0.29, 0.717) is 29.0 Å². The predicted molar refractivity (Wildman–Crippen MR) is 98.3 cm³/mol. The summed E-state index contributed by atoms with van der Waals surface area (Å²) in [6.07, 6.45) is 7.88. The van der Waals surface area contributed by atoms with Crippen molar-refractivity contribution in [2.75, 3.05) is 23.9 Å². The topological polar surface area (TPSA) is 67.4 Å². The number of hydrogen-bond acceptors (Lipinski definition) is 5. The molecule has 1 unspecified atom stereocenters. The van der Waals surface area contributed by atoms with Gasteiger partial charge in [-0.3, -0.25) is 4.79 Å². The van der Waals surface area contributed by atoms with Crippen LogP contribution in [0.4, 0.5) is 11.6 Å². The van der Waals surface area contributed by atoms with Crippen molar-refractivity contribution in [3.63, 3.8) is 0 Å². The summed E-state index contributed by atoms with van der Waals surface area (Å²) < 4.78 is 5.16. The lowest BCUT2D eigenvalue weighted by molar-refractivity contribution is 0.102. The largest absolute Gasteiger partial charge is 0.497 e. The molecule has 1 N–H and O–H groups in total. The lowest BCUT2D eigenvalue weighted by Gasteiger charge is -2.35. The average molecular weight is 340 g/mol. The molecule has 0 spiro atoms. The first-order chi connectivity index (χ1) is 12.2. The van der Waals surface area contributed by atoms with E-state index in [4.69, 9.17) is 4.74 Å². The SMILES string of the molecule is CCC1CCCCN1c1ncc(C(=O)Nc2cccc(OC)c2)cn1. The Labute approximate surface area is 148 Å². The number of benzene rings is 1. The molecule has 3 rings (SSSR count). The third-order valence-corrected chi connectivity index (χ3v) is 4.58. The number of amides is 1. The Balaban J connectivity index is 1.69. The van der Waals surface area contributed by atoms with E-state index in [1.165, 1.54) is 12.8 Å². The van der Waals surface area contributed by atoms with Gasteiger partial charge >= 0.3 is 0 Å². The number of ether oxygens (including phenoxy) is 1. The fraction of sp³-hybridized carbons (Fsp3) is 0.421. The van der Waals surface area contributed by atoms with Crippen molar-refractivity contribution in [2.24, 2.45) is 0 Å². The summed E-state index contributed by atoms with van der Waals surface area (Å²) in [5.74, 6) is 1.18. The summed E-state index contributed by atoms with van der Waals surface area (Å²) in [5, 5.41) is 2.84. The first-order valence-electron chi connectivity index (χ1n) is 8.75. The zero-order valence-corrected chi connectivity index (χ0v) is 14.7. The first kappa shape index (κ1) is 17.2. The van der Waals surface area contributed by atoms with Crippen LogP contribution in [0.2, 0.25) is 0 Å². The molecular formula is C19H24N4O2. The summed E-state index contributed by atoms with van der Waals surface area (Å²) >= 11 is 0. The van der Waals surface area contributed by atoms with Crippen molar-refractivity contribution < 1.29 is 9.53 Å². The van der Waals surface area contributed by atoms with Gasteiger partial charge in [0.15, 0.2) is 0 Å². The fourth-order valence-corrected chi connectivity index (χ4v) is 3.18. The smallest absolute Gasteiger partial charge is 0.258 e. The molecular weight excluding hydrogens is 316 g/mol. The average Bonchev–Trinajstić information content (AvgIpc) is 2.68. The van der Waals surface area contributed by atoms with Crippen molar-refractivity contribution >= 4 is 17.5 Å². The van der Waals surface area contributed by atoms with Crippen LogP contribution in [0.25, 0.3) is 0 Å². The molecule has 0 aliphatic carbocycles. The maximum Gasteiger partial charge on any atom is 0.258 e. The van der Waals surface area contributed by atoms with E-state index in [1.807, 2.05) is 18.2 Å². The molecule has 132 valence electrons. The van der Waals surface area contributed by atoms with E-state index in [0.717, 1.165) is 19.4 Å². The highest BCUT2D eigenvalue weighted by molar-refractivity contribution is 6.04. The number of nitrogens with one attached hydrogen (secondary N) is 1. The standard InChI is InChI=1S/C19H24N4O2/c1-3-16-8-4-5-10-23(16)19-20-12-14(13-21-19)18(24)22-15-7-6-9-17(11-15)25-2/h6-7,9,11-13,16H,3-5,8,10H2,1-2H3,(H,22,24). The first-order valence-corrected chi connectivity index (χ1v) is 8.75. The summed E-state index contributed by atoms with van der Waals surface area (Å²) in [6, 6.07) is 7.73. The summed E-state index contributed by atoms with van der Waals surface area (Å²) in [5.41, 5.74) is 1.12. The second-order valence-electron chi connectivity index (χ2n) is 6.21. The molecule has 0 radical (unpaired) electrons. The van der Waals surface area contributed by atoms with E-state index < -0.39 is 0 Å². The number of aromatic nitrogens is 2. The minimum Gasteiger partial charge on any atom is -0.497 e. The van der Waals surface area contributed by atoms with Gasteiger partial charge in [-0.15, -0.1) is 0 Å². The van der Waals surface area contributed by atoms with Crippen LogP contribution in [0.1, 0.15) is 43.0 Å². The predicted octanol–water partition coefficient (Wildman–Crippen LogP) is 3.51. The Hall–Kier alpha value is -2.63. The molecule has 1 fully saturated rings. The Bertz CT molecular complexity index is 718. The highest BCUT2D eigenvalue weighted by Gasteiger charge is 2.23. The minimum atomic E-state index is -0.231. The zero-order chi connectivity index (χ0) is 17.6. The Kier molecular flexibility index (Phi) is 5.48. The van der Waals surface area contributed by atoms with E-state index in [1.54, 1.807) is 25.6 Å². The van der Waals surface area contributed by atoms with E-state index in [-0.39, 0.29) is 5.91 Å². The van der Waals surface area contributed by atoms with Gasteiger partial charge in [0.2, 0.25) is 5.95 Å². The van der Waals surface area contributed by atoms with E-state index >= 15 is 0 Å². The highest BCUT2D eigenvalue weighted by Crippen LogP contribution is 2.23. The van der Waals surface area contributed by atoms with Gasteiger partial charge < -0.3 is 15.0 Å². The van der Waals surface area contributed by atoms with Crippen LogP contribution in [0.15, 0.2) is 36.7 Å². The molecule has 2 heterocycles. The van der Waals surface area contributed by atoms with E-state index in [2.05, 4.69) is 27.1 Å². The Morgan fingerprint density at radius 3 is 2.84 bits per heavy atom. The third-order valence-electron chi connectivity index (χ3n) is 4.58. The molecule has 1 atom stereocenters. The minimum absolute atomic E-state index is 0.231. The van der Waals surface area contributed by atoms with Crippen LogP contribution < -0.4 is 15.0 Å². The number of carbonyl (C=O) groups is 1. The third kappa shape index (κ3) is 4.07. The molecule has 6 heteroatoms. The van der Waals surface area contributed by atoms with Crippen LogP contribution in [0, 0.1) is 0 Å². The Morgan fingerprint density at radius 2 is 2.12 bits per heavy atom. The van der Waals surface area contributed by atoms with Gasteiger partial charge in [-0.25, -0.2) is 9.97 Å². The summed E-state index contributed by atoms with van der Waals surface area (Å²) in [4.78, 5) is 23.5. The van der Waals surface area contributed by atoms with Gasteiger partial charge in [0.05, 0.1) is 12.7 Å². The number of carbonyl (C=O) groups excluding carboxylic acids is 1. The maximum absolute atomic E-state index is 12.4. The molecule has 0 bridgehead atoms. The van der Waals surface area contributed by atoms with Gasteiger partial charge in [0.25, 0.3) is 5.91 Å². The molecule has 25 heavy (non-hydrogen) atoms. The number of methoxy groups -OCH3 is 1. The molecule has 6 nitrogen and oxygen atoms in total.